The number of hydrogen-bond acceptors (Lipinski definition) is 9. The Kier molecular flexibility index (Phi) is 4.71. The molecule has 2 saturated heterocycles. The molecule has 2 fully saturated rings. The molecule has 0 aromatic carbocycles. The van der Waals surface area contributed by atoms with Crippen molar-refractivity contribution in [2.24, 2.45) is 0 Å². The second-order valence-corrected chi connectivity index (χ2v) is 4.59. The van der Waals surface area contributed by atoms with Crippen molar-refractivity contribution in [1.29, 1.82) is 0 Å². The first-order chi connectivity index (χ1) is 8.95. The molecule has 0 radical (unpaired) electrons. The average molecular weight is 282 g/mol. The zero-order valence-corrected chi connectivity index (χ0v) is 9.94. The standard InChI is InChI=1S/C10H18O9/c11-1-4-5(13)6(14)10(18-4)19-8-3(12)2-17-9(16)7(8)15/h3-16H,1-2H2/t3-,4+,5+,6-,7-,8+,9?,10+/m1/s1. The zero-order chi connectivity index (χ0) is 14.2. The Hall–Kier alpha value is -0.360. The van der Waals surface area contributed by atoms with E-state index in [2.05, 4.69) is 4.74 Å². The Labute approximate surface area is 108 Å². The van der Waals surface area contributed by atoms with Crippen molar-refractivity contribution in [1.82, 2.24) is 0 Å². The van der Waals surface area contributed by atoms with Crippen LogP contribution in [-0.4, -0.2) is 93.1 Å². The topological polar surface area (TPSA) is 149 Å². The lowest BCUT2D eigenvalue weighted by molar-refractivity contribution is -0.298. The zero-order valence-electron chi connectivity index (χ0n) is 9.94. The van der Waals surface area contributed by atoms with E-state index in [4.69, 9.17) is 14.6 Å². The summed E-state index contributed by atoms with van der Waals surface area (Å²) in [6.45, 7) is -0.767. The molecule has 2 aliphatic heterocycles. The Bertz CT molecular complexity index is 301. The fourth-order valence-electron chi connectivity index (χ4n) is 2.08. The number of hydrogen-bond donors (Lipinski definition) is 6. The third-order valence-corrected chi connectivity index (χ3v) is 3.24. The van der Waals surface area contributed by atoms with Crippen LogP contribution in [-0.2, 0) is 14.2 Å². The molecule has 0 amide bonds. The van der Waals surface area contributed by atoms with Crippen LogP contribution in [0, 0.1) is 0 Å². The molecule has 2 heterocycles. The van der Waals surface area contributed by atoms with Gasteiger partial charge in [-0.1, -0.05) is 0 Å². The van der Waals surface area contributed by atoms with Crippen LogP contribution < -0.4 is 0 Å². The molecular weight excluding hydrogens is 264 g/mol. The Morgan fingerprint density at radius 2 is 1.68 bits per heavy atom. The molecule has 1 unspecified atom stereocenters. The van der Waals surface area contributed by atoms with Gasteiger partial charge < -0.3 is 44.8 Å². The van der Waals surface area contributed by atoms with Gasteiger partial charge >= 0.3 is 0 Å². The van der Waals surface area contributed by atoms with Gasteiger partial charge in [-0.3, -0.25) is 0 Å². The van der Waals surface area contributed by atoms with Crippen LogP contribution in [0.15, 0.2) is 0 Å². The minimum atomic E-state index is -1.52. The molecule has 0 aromatic rings. The third-order valence-electron chi connectivity index (χ3n) is 3.24. The number of aliphatic hydroxyl groups is 6. The fraction of sp³-hybridized carbons (Fsp3) is 1.00. The van der Waals surface area contributed by atoms with Gasteiger partial charge in [-0.15, -0.1) is 0 Å². The van der Waals surface area contributed by atoms with Gasteiger partial charge in [-0.25, -0.2) is 0 Å². The lowest BCUT2D eigenvalue weighted by atomic mass is 10.0. The van der Waals surface area contributed by atoms with Crippen LogP contribution in [0.4, 0.5) is 0 Å². The van der Waals surface area contributed by atoms with Crippen LogP contribution in [0.2, 0.25) is 0 Å². The van der Waals surface area contributed by atoms with E-state index in [9.17, 15) is 25.5 Å². The van der Waals surface area contributed by atoms with Crippen molar-refractivity contribution in [2.75, 3.05) is 13.2 Å². The normalized spacial score (nSPS) is 51.5. The van der Waals surface area contributed by atoms with Crippen LogP contribution >= 0.6 is 0 Å². The monoisotopic (exact) mass is 282 g/mol. The van der Waals surface area contributed by atoms with Gasteiger partial charge in [0.15, 0.2) is 12.6 Å². The van der Waals surface area contributed by atoms with Crippen LogP contribution in [0.25, 0.3) is 0 Å². The minimum Gasteiger partial charge on any atom is -0.394 e. The van der Waals surface area contributed by atoms with Gasteiger partial charge in [0, 0.05) is 0 Å². The molecule has 0 aromatic heterocycles. The smallest absolute Gasteiger partial charge is 0.187 e. The van der Waals surface area contributed by atoms with E-state index in [1.165, 1.54) is 0 Å². The summed E-state index contributed by atoms with van der Waals surface area (Å²) in [5.74, 6) is 0. The first kappa shape index (κ1) is 15.0. The number of rotatable bonds is 3. The summed E-state index contributed by atoms with van der Waals surface area (Å²) in [7, 11) is 0. The summed E-state index contributed by atoms with van der Waals surface area (Å²) in [5.41, 5.74) is 0. The SMILES string of the molecule is OC[C@@H]1O[C@@H](O[C@H]2[C@H](O)COC(O)[C@@H]2O)[C@H](O)[C@H]1O. The number of aliphatic hydroxyl groups excluding tert-OH is 6. The second kappa shape index (κ2) is 5.95. The average Bonchev–Trinajstić information content (AvgIpc) is 2.66. The molecule has 9 nitrogen and oxygen atoms in total. The first-order valence-corrected chi connectivity index (χ1v) is 5.89. The van der Waals surface area contributed by atoms with Gasteiger partial charge in [0.05, 0.1) is 13.2 Å². The number of ether oxygens (including phenoxy) is 3. The quantitative estimate of drug-likeness (QED) is 0.303. The predicted octanol–water partition coefficient (Wildman–Crippen LogP) is -4.12. The maximum absolute atomic E-state index is 9.66. The van der Waals surface area contributed by atoms with Crippen molar-refractivity contribution in [3.05, 3.63) is 0 Å². The lowest BCUT2D eigenvalue weighted by Gasteiger charge is -2.36. The van der Waals surface area contributed by atoms with Crippen LogP contribution in [0.3, 0.4) is 0 Å². The second-order valence-electron chi connectivity index (χ2n) is 4.59. The summed E-state index contributed by atoms with van der Waals surface area (Å²) in [6, 6.07) is 0. The van der Waals surface area contributed by atoms with E-state index in [1.807, 2.05) is 0 Å². The summed E-state index contributed by atoms with van der Waals surface area (Å²) >= 11 is 0. The lowest BCUT2D eigenvalue weighted by Crippen LogP contribution is -2.56. The van der Waals surface area contributed by atoms with E-state index in [1.54, 1.807) is 0 Å². The van der Waals surface area contributed by atoms with Gasteiger partial charge in [0.25, 0.3) is 0 Å². The van der Waals surface area contributed by atoms with Crippen molar-refractivity contribution >= 4 is 0 Å². The van der Waals surface area contributed by atoms with Gasteiger partial charge in [0.2, 0.25) is 0 Å². The van der Waals surface area contributed by atoms with Crippen molar-refractivity contribution in [3.8, 4) is 0 Å². The maximum atomic E-state index is 9.66. The summed E-state index contributed by atoms with van der Waals surface area (Å²) in [6.07, 6.45) is -10.6. The highest BCUT2D eigenvalue weighted by Crippen LogP contribution is 2.26. The molecule has 0 saturated carbocycles. The van der Waals surface area contributed by atoms with Crippen molar-refractivity contribution in [3.63, 3.8) is 0 Å². The summed E-state index contributed by atoms with van der Waals surface area (Å²) in [5, 5.41) is 56.7. The van der Waals surface area contributed by atoms with Gasteiger partial charge in [0.1, 0.15) is 36.6 Å². The predicted molar refractivity (Wildman–Crippen MR) is 56.6 cm³/mol. The largest absolute Gasteiger partial charge is 0.394 e. The van der Waals surface area contributed by atoms with Crippen molar-refractivity contribution in [2.45, 2.75) is 49.2 Å². The highest BCUT2D eigenvalue weighted by Gasteiger charge is 2.47. The van der Waals surface area contributed by atoms with E-state index in [0.29, 0.717) is 0 Å². The third kappa shape index (κ3) is 2.89. The Balaban J connectivity index is 2.00. The molecule has 19 heavy (non-hydrogen) atoms. The fourth-order valence-corrected chi connectivity index (χ4v) is 2.08. The summed E-state index contributed by atoms with van der Waals surface area (Å²) < 4.78 is 14.9. The maximum Gasteiger partial charge on any atom is 0.187 e. The van der Waals surface area contributed by atoms with E-state index < -0.39 is 55.8 Å². The molecule has 0 aliphatic carbocycles. The Morgan fingerprint density at radius 1 is 1.00 bits per heavy atom. The molecule has 8 atom stereocenters. The highest BCUT2D eigenvalue weighted by atomic mass is 16.7. The molecule has 6 N–H and O–H groups in total. The minimum absolute atomic E-state index is 0.252. The molecule has 112 valence electrons. The Morgan fingerprint density at radius 3 is 2.26 bits per heavy atom. The molecule has 0 bridgehead atoms. The van der Waals surface area contributed by atoms with Crippen LogP contribution in [0.1, 0.15) is 0 Å². The van der Waals surface area contributed by atoms with Gasteiger partial charge in [-0.05, 0) is 0 Å². The molecule has 9 heteroatoms. The van der Waals surface area contributed by atoms with E-state index in [-0.39, 0.29) is 6.61 Å². The van der Waals surface area contributed by atoms with E-state index in [0.717, 1.165) is 0 Å². The molecule has 2 aliphatic rings. The molecule has 0 spiro atoms. The van der Waals surface area contributed by atoms with Crippen LogP contribution in [0.5, 0.6) is 0 Å². The highest BCUT2D eigenvalue weighted by molar-refractivity contribution is 4.90. The van der Waals surface area contributed by atoms with E-state index >= 15 is 0 Å². The molecule has 2 rings (SSSR count). The van der Waals surface area contributed by atoms with Gasteiger partial charge in [-0.2, -0.15) is 0 Å². The van der Waals surface area contributed by atoms with Crippen molar-refractivity contribution < 1.29 is 44.8 Å². The summed E-state index contributed by atoms with van der Waals surface area (Å²) in [4.78, 5) is 0. The molecular formula is C10H18O9. The first-order valence-electron chi connectivity index (χ1n) is 5.89.